The molecule has 0 spiro atoms. The normalized spacial score (nSPS) is 15.1. The van der Waals surface area contributed by atoms with Gasteiger partial charge in [-0.1, -0.05) is 30.0 Å². The van der Waals surface area contributed by atoms with Crippen LogP contribution in [-0.4, -0.2) is 20.2 Å². The van der Waals surface area contributed by atoms with Crippen LogP contribution in [0, 0.1) is 13.8 Å². The molecule has 5 nitrogen and oxygen atoms in total. The Balaban J connectivity index is 1.55. The molecule has 4 rings (SSSR count). The molecule has 1 aromatic carbocycles. The van der Waals surface area contributed by atoms with E-state index in [1.165, 1.54) is 16.7 Å². The fraction of sp³-hybridized carbons (Fsp3) is 0.130. The summed E-state index contributed by atoms with van der Waals surface area (Å²) in [5.74, 6) is 0.699. The van der Waals surface area contributed by atoms with Gasteiger partial charge in [-0.15, -0.1) is 0 Å². The second-order valence-corrected chi connectivity index (χ2v) is 8.50. The SMILES string of the molecule is Cc1cc(C=C2SC(=S)N(c3cccnc3)C2=O)cc(C)c1OCc1ccccn1. The van der Waals surface area contributed by atoms with Crippen molar-refractivity contribution in [1.29, 1.82) is 0 Å². The lowest BCUT2D eigenvalue weighted by atomic mass is 10.1. The molecule has 7 heteroatoms. The molecule has 0 radical (unpaired) electrons. The van der Waals surface area contributed by atoms with E-state index >= 15 is 0 Å². The zero-order valence-electron chi connectivity index (χ0n) is 16.5. The third-order valence-electron chi connectivity index (χ3n) is 4.57. The Morgan fingerprint density at radius 3 is 2.60 bits per heavy atom. The van der Waals surface area contributed by atoms with E-state index in [-0.39, 0.29) is 5.91 Å². The first-order valence-corrected chi connectivity index (χ1v) is 10.6. The number of aromatic nitrogens is 2. The number of anilines is 1. The van der Waals surface area contributed by atoms with Gasteiger partial charge < -0.3 is 4.74 Å². The first kappa shape index (κ1) is 20.3. The summed E-state index contributed by atoms with van der Waals surface area (Å²) in [6.45, 7) is 4.41. The molecular formula is C23H19N3O2S2. The minimum Gasteiger partial charge on any atom is -0.487 e. The lowest BCUT2D eigenvalue weighted by Crippen LogP contribution is -2.27. The molecule has 1 saturated heterocycles. The minimum atomic E-state index is -0.135. The zero-order valence-corrected chi connectivity index (χ0v) is 18.2. The van der Waals surface area contributed by atoms with E-state index in [9.17, 15) is 4.79 Å². The molecule has 2 aromatic heterocycles. The van der Waals surface area contributed by atoms with E-state index in [4.69, 9.17) is 17.0 Å². The number of thioether (sulfide) groups is 1. The van der Waals surface area contributed by atoms with Gasteiger partial charge in [0.15, 0.2) is 4.32 Å². The number of amides is 1. The molecule has 0 atom stereocenters. The number of hydrogen-bond donors (Lipinski definition) is 0. The Kier molecular flexibility index (Phi) is 5.92. The Morgan fingerprint density at radius 2 is 1.93 bits per heavy atom. The first-order chi connectivity index (χ1) is 14.5. The average Bonchev–Trinajstić information content (AvgIpc) is 3.01. The molecule has 0 saturated carbocycles. The maximum absolute atomic E-state index is 12.9. The number of hydrogen-bond acceptors (Lipinski definition) is 6. The highest BCUT2D eigenvalue weighted by molar-refractivity contribution is 8.27. The summed E-state index contributed by atoms with van der Waals surface area (Å²) >= 11 is 6.72. The standard InChI is InChI=1S/C23H19N3O2S2/c1-15-10-17(11-16(2)21(15)28-14-18-6-3-4-9-25-18)12-20-22(27)26(23(29)30-20)19-7-5-8-24-13-19/h3-13H,14H2,1-2H3. The molecule has 1 aliphatic rings. The van der Waals surface area contributed by atoms with Crippen molar-refractivity contribution in [2.45, 2.75) is 20.5 Å². The predicted molar refractivity (Wildman–Crippen MR) is 124 cm³/mol. The highest BCUT2D eigenvalue weighted by Gasteiger charge is 2.33. The van der Waals surface area contributed by atoms with Crippen LogP contribution < -0.4 is 9.64 Å². The van der Waals surface area contributed by atoms with Crippen LogP contribution in [0.1, 0.15) is 22.4 Å². The predicted octanol–water partition coefficient (Wildman–Crippen LogP) is 5.08. The third kappa shape index (κ3) is 4.27. The van der Waals surface area contributed by atoms with E-state index in [0.29, 0.717) is 21.5 Å². The van der Waals surface area contributed by atoms with Gasteiger partial charge in [0, 0.05) is 12.4 Å². The van der Waals surface area contributed by atoms with Crippen molar-refractivity contribution in [2.75, 3.05) is 4.90 Å². The quantitative estimate of drug-likeness (QED) is 0.413. The molecule has 0 bridgehead atoms. The second kappa shape index (κ2) is 8.77. The number of ether oxygens (including phenoxy) is 1. The molecule has 1 fully saturated rings. The van der Waals surface area contributed by atoms with Crippen LogP contribution in [-0.2, 0) is 11.4 Å². The summed E-state index contributed by atoms with van der Waals surface area (Å²) in [4.78, 5) is 23.4. The summed E-state index contributed by atoms with van der Waals surface area (Å²) in [6, 6.07) is 13.4. The van der Waals surface area contributed by atoms with Crippen LogP contribution in [0.3, 0.4) is 0 Å². The van der Waals surface area contributed by atoms with Crippen LogP contribution in [0.15, 0.2) is 66.0 Å². The van der Waals surface area contributed by atoms with Crippen LogP contribution in [0.2, 0.25) is 0 Å². The number of nitrogens with zero attached hydrogens (tertiary/aromatic N) is 3. The Bertz CT molecular complexity index is 1110. The molecule has 3 heterocycles. The third-order valence-corrected chi connectivity index (χ3v) is 5.87. The molecule has 0 aliphatic carbocycles. The lowest BCUT2D eigenvalue weighted by Gasteiger charge is -2.14. The largest absolute Gasteiger partial charge is 0.487 e. The number of carbonyl (C=O) groups is 1. The monoisotopic (exact) mass is 433 g/mol. The molecule has 3 aromatic rings. The number of pyridine rings is 2. The molecule has 1 aliphatic heterocycles. The highest BCUT2D eigenvalue weighted by Crippen LogP contribution is 2.36. The topological polar surface area (TPSA) is 55.3 Å². The Morgan fingerprint density at radius 1 is 1.13 bits per heavy atom. The van der Waals surface area contributed by atoms with Crippen molar-refractivity contribution in [1.82, 2.24) is 9.97 Å². The van der Waals surface area contributed by atoms with Gasteiger partial charge in [0.2, 0.25) is 0 Å². The van der Waals surface area contributed by atoms with Crippen molar-refractivity contribution in [3.8, 4) is 5.75 Å². The summed E-state index contributed by atoms with van der Waals surface area (Å²) < 4.78 is 6.50. The van der Waals surface area contributed by atoms with Crippen LogP contribution >= 0.6 is 24.0 Å². The smallest absolute Gasteiger partial charge is 0.270 e. The van der Waals surface area contributed by atoms with E-state index in [0.717, 1.165) is 28.1 Å². The number of rotatable bonds is 5. The van der Waals surface area contributed by atoms with Crippen molar-refractivity contribution in [3.63, 3.8) is 0 Å². The van der Waals surface area contributed by atoms with Crippen LogP contribution in [0.5, 0.6) is 5.75 Å². The molecule has 30 heavy (non-hydrogen) atoms. The van der Waals surface area contributed by atoms with Crippen molar-refractivity contribution in [2.24, 2.45) is 0 Å². The minimum absolute atomic E-state index is 0.135. The van der Waals surface area contributed by atoms with Gasteiger partial charge in [-0.3, -0.25) is 19.7 Å². The van der Waals surface area contributed by atoms with Gasteiger partial charge in [-0.2, -0.15) is 0 Å². The Labute approximate surface area is 184 Å². The number of thiocarbonyl (C=S) groups is 1. The molecule has 0 N–H and O–H groups in total. The summed E-state index contributed by atoms with van der Waals surface area (Å²) in [6.07, 6.45) is 6.93. The van der Waals surface area contributed by atoms with Gasteiger partial charge in [0.1, 0.15) is 12.4 Å². The van der Waals surface area contributed by atoms with E-state index < -0.39 is 0 Å². The summed E-state index contributed by atoms with van der Waals surface area (Å²) in [5, 5.41) is 0. The number of aryl methyl sites for hydroxylation is 2. The van der Waals surface area contributed by atoms with Gasteiger partial charge in [0.05, 0.1) is 22.5 Å². The van der Waals surface area contributed by atoms with Crippen molar-refractivity contribution >= 4 is 46.0 Å². The summed E-state index contributed by atoms with van der Waals surface area (Å²) in [7, 11) is 0. The van der Waals surface area contributed by atoms with E-state index in [1.807, 2.05) is 56.3 Å². The first-order valence-electron chi connectivity index (χ1n) is 9.35. The van der Waals surface area contributed by atoms with Gasteiger partial charge in [-0.25, -0.2) is 0 Å². The van der Waals surface area contributed by atoms with Gasteiger partial charge in [-0.05, 0) is 73.0 Å². The van der Waals surface area contributed by atoms with E-state index in [1.54, 1.807) is 24.7 Å². The second-order valence-electron chi connectivity index (χ2n) is 6.82. The van der Waals surface area contributed by atoms with E-state index in [2.05, 4.69) is 9.97 Å². The van der Waals surface area contributed by atoms with Gasteiger partial charge >= 0.3 is 0 Å². The maximum atomic E-state index is 12.9. The lowest BCUT2D eigenvalue weighted by molar-refractivity contribution is -0.113. The molecule has 150 valence electrons. The molecule has 1 amide bonds. The van der Waals surface area contributed by atoms with Crippen molar-refractivity contribution in [3.05, 3.63) is 88.3 Å². The molecule has 0 unspecified atom stereocenters. The zero-order chi connectivity index (χ0) is 21.1. The van der Waals surface area contributed by atoms with Gasteiger partial charge in [0.25, 0.3) is 5.91 Å². The number of carbonyl (C=O) groups excluding carboxylic acids is 1. The Hall–Kier alpha value is -3.03. The fourth-order valence-corrected chi connectivity index (χ4v) is 4.55. The van der Waals surface area contributed by atoms with Crippen LogP contribution in [0.25, 0.3) is 6.08 Å². The fourth-order valence-electron chi connectivity index (χ4n) is 3.25. The highest BCUT2D eigenvalue weighted by atomic mass is 32.2. The molecular weight excluding hydrogens is 414 g/mol. The summed E-state index contributed by atoms with van der Waals surface area (Å²) in [5.41, 5.74) is 4.48. The maximum Gasteiger partial charge on any atom is 0.270 e. The average molecular weight is 434 g/mol. The number of benzene rings is 1. The van der Waals surface area contributed by atoms with Crippen LogP contribution in [0.4, 0.5) is 5.69 Å². The van der Waals surface area contributed by atoms with Crippen molar-refractivity contribution < 1.29 is 9.53 Å².